The molecule has 0 saturated carbocycles. The highest BCUT2D eigenvalue weighted by atomic mass is 79.9. The Morgan fingerprint density at radius 1 is 1.29 bits per heavy atom. The second-order valence-corrected chi connectivity index (χ2v) is 6.58. The lowest BCUT2D eigenvalue weighted by Crippen LogP contribution is -2.47. The molecule has 1 aliphatic rings. The van der Waals surface area contributed by atoms with E-state index < -0.39 is 0 Å². The van der Waals surface area contributed by atoms with Crippen LogP contribution >= 0.6 is 15.9 Å². The maximum absolute atomic E-state index is 13.9. The van der Waals surface area contributed by atoms with E-state index in [1.165, 1.54) is 12.5 Å². The number of carbonyl (C=O) groups is 1. The summed E-state index contributed by atoms with van der Waals surface area (Å²) in [5, 5.41) is 3.21. The lowest BCUT2D eigenvalue weighted by Gasteiger charge is -2.30. The van der Waals surface area contributed by atoms with Gasteiger partial charge in [0.15, 0.2) is 0 Å². The monoisotopic (exact) mass is 356 g/mol. The first-order valence-electron chi connectivity index (χ1n) is 7.49. The van der Waals surface area contributed by atoms with Gasteiger partial charge in [-0.2, -0.15) is 0 Å². The fraction of sp³-hybridized carbons (Fsp3) is 0.562. The summed E-state index contributed by atoms with van der Waals surface area (Å²) in [5.74, 6) is -0.152. The number of nitrogens with zero attached hydrogens (tertiary/aromatic N) is 1. The zero-order valence-electron chi connectivity index (χ0n) is 12.5. The molecule has 2 rings (SSSR count). The number of carbonyl (C=O) groups excluding carboxylic acids is 1. The van der Waals surface area contributed by atoms with Crippen molar-refractivity contribution < 1.29 is 9.18 Å². The zero-order chi connectivity index (χ0) is 15.4. The molecule has 2 unspecified atom stereocenters. The van der Waals surface area contributed by atoms with E-state index in [1.54, 1.807) is 6.07 Å². The largest absolute Gasteiger partial charge is 0.341 e. The van der Waals surface area contributed by atoms with Crippen LogP contribution in [0.2, 0.25) is 0 Å². The van der Waals surface area contributed by atoms with E-state index in [4.69, 9.17) is 0 Å². The summed E-state index contributed by atoms with van der Waals surface area (Å²) in [7, 11) is 0. The Labute approximate surface area is 134 Å². The Hall–Kier alpha value is -0.940. The number of rotatable bonds is 4. The van der Waals surface area contributed by atoms with Crippen molar-refractivity contribution in [1.29, 1.82) is 0 Å². The van der Waals surface area contributed by atoms with E-state index in [0.717, 1.165) is 25.9 Å². The molecule has 1 N–H and O–H groups in total. The summed E-state index contributed by atoms with van der Waals surface area (Å²) in [5.41, 5.74) is 0.580. The molecular formula is C16H22BrFN2O. The van der Waals surface area contributed by atoms with Crippen molar-refractivity contribution >= 4 is 21.8 Å². The number of halogens is 2. The molecule has 1 aromatic rings. The number of hydrogen-bond donors (Lipinski definition) is 1. The maximum Gasteiger partial charge on any atom is 0.239 e. The zero-order valence-corrected chi connectivity index (χ0v) is 14.1. The molecule has 0 aliphatic carbocycles. The van der Waals surface area contributed by atoms with Crippen LogP contribution in [-0.4, -0.2) is 29.9 Å². The van der Waals surface area contributed by atoms with Gasteiger partial charge in [0, 0.05) is 29.2 Å². The van der Waals surface area contributed by atoms with Gasteiger partial charge in [-0.3, -0.25) is 10.1 Å². The van der Waals surface area contributed by atoms with Crippen LogP contribution in [0.5, 0.6) is 0 Å². The lowest BCUT2D eigenvalue weighted by atomic mass is 10.1. The molecule has 1 fully saturated rings. The van der Waals surface area contributed by atoms with Crippen LogP contribution < -0.4 is 5.32 Å². The van der Waals surface area contributed by atoms with Gasteiger partial charge in [-0.15, -0.1) is 0 Å². The summed E-state index contributed by atoms with van der Waals surface area (Å²) in [4.78, 5) is 14.3. The van der Waals surface area contributed by atoms with Gasteiger partial charge < -0.3 is 4.90 Å². The van der Waals surface area contributed by atoms with Crippen LogP contribution in [0.15, 0.2) is 22.7 Å². The number of piperidine rings is 1. The van der Waals surface area contributed by atoms with Crippen LogP contribution in [0.1, 0.15) is 44.7 Å². The highest BCUT2D eigenvalue weighted by molar-refractivity contribution is 9.10. The lowest BCUT2D eigenvalue weighted by molar-refractivity contribution is -0.134. The normalized spacial score (nSPS) is 18.4. The summed E-state index contributed by atoms with van der Waals surface area (Å²) in [6, 6.07) is 4.50. The molecule has 116 valence electrons. The molecule has 3 nitrogen and oxygen atoms in total. The highest BCUT2D eigenvalue weighted by Gasteiger charge is 2.24. The van der Waals surface area contributed by atoms with E-state index in [0.29, 0.717) is 10.0 Å². The standard InChI is InChI=1S/C16H22BrFN2O/c1-11(14-7-6-13(17)10-15(14)18)19-12(2)16(21)20-8-4-3-5-9-20/h6-7,10-12,19H,3-5,8-9H2,1-2H3. The van der Waals surface area contributed by atoms with Crippen LogP contribution in [0, 0.1) is 5.82 Å². The van der Waals surface area contributed by atoms with Gasteiger partial charge >= 0.3 is 0 Å². The Balaban J connectivity index is 1.97. The number of amides is 1. The smallest absolute Gasteiger partial charge is 0.239 e. The Kier molecular flexibility index (Phi) is 5.76. The van der Waals surface area contributed by atoms with Gasteiger partial charge in [-0.1, -0.05) is 22.0 Å². The first-order chi connectivity index (χ1) is 9.99. The van der Waals surface area contributed by atoms with E-state index in [1.807, 2.05) is 24.8 Å². The van der Waals surface area contributed by atoms with Crippen LogP contribution in [0.3, 0.4) is 0 Å². The number of nitrogens with one attached hydrogen (secondary N) is 1. The quantitative estimate of drug-likeness (QED) is 0.892. The molecule has 1 aliphatic heterocycles. The SMILES string of the molecule is CC(NC(C)c1ccc(Br)cc1F)C(=O)N1CCCCC1. The van der Waals surface area contributed by atoms with Gasteiger partial charge in [0.2, 0.25) is 5.91 Å². The van der Waals surface area contributed by atoms with Crippen molar-refractivity contribution in [3.8, 4) is 0 Å². The van der Waals surface area contributed by atoms with E-state index in [9.17, 15) is 9.18 Å². The third-order valence-electron chi connectivity index (χ3n) is 3.97. The molecule has 0 aromatic heterocycles. The van der Waals surface area contributed by atoms with Gasteiger partial charge in [-0.05, 0) is 45.2 Å². The van der Waals surface area contributed by atoms with Crippen molar-refractivity contribution in [2.24, 2.45) is 0 Å². The number of likely N-dealkylation sites (tertiary alicyclic amines) is 1. The second kappa shape index (κ2) is 7.36. The molecule has 0 spiro atoms. The van der Waals surface area contributed by atoms with Crippen molar-refractivity contribution in [3.05, 3.63) is 34.1 Å². The molecule has 1 aromatic carbocycles. The van der Waals surface area contributed by atoms with Crippen molar-refractivity contribution in [2.75, 3.05) is 13.1 Å². The Morgan fingerprint density at radius 3 is 2.57 bits per heavy atom. The molecule has 2 atom stereocenters. The molecule has 21 heavy (non-hydrogen) atoms. The summed E-state index contributed by atoms with van der Waals surface area (Å²) < 4.78 is 14.7. The average Bonchev–Trinajstić information content (AvgIpc) is 2.47. The Bertz CT molecular complexity index is 503. The molecule has 1 saturated heterocycles. The number of hydrogen-bond acceptors (Lipinski definition) is 2. The summed E-state index contributed by atoms with van der Waals surface area (Å²) in [6.07, 6.45) is 3.36. The van der Waals surface area contributed by atoms with E-state index >= 15 is 0 Å². The molecule has 0 radical (unpaired) electrons. The summed E-state index contributed by atoms with van der Waals surface area (Å²) >= 11 is 3.25. The maximum atomic E-state index is 13.9. The van der Waals surface area contributed by atoms with E-state index in [2.05, 4.69) is 21.2 Å². The topological polar surface area (TPSA) is 32.3 Å². The Morgan fingerprint density at radius 2 is 1.95 bits per heavy atom. The van der Waals surface area contributed by atoms with Crippen LogP contribution in [0.4, 0.5) is 4.39 Å². The van der Waals surface area contributed by atoms with Crippen molar-refractivity contribution in [3.63, 3.8) is 0 Å². The molecule has 0 bridgehead atoms. The average molecular weight is 357 g/mol. The first kappa shape index (κ1) is 16.4. The minimum absolute atomic E-state index is 0.110. The predicted octanol–water partition coefficient (Wildman–Crippen LogP) is 3.64. The van der Waals surface area contributed by atoms with Crippen LogP contribution in [0.25, 0.3) is 0 Å². The van der Waals surface area contributed by atoms with Crippen molar-refractivity contribution in [2.45, 2.75) is 45.2 Å². The summed E-state index contributed by atoms with van der Waals surface area (Å²) in [6.45, 7) is 5.41. The third-order valence-corrected chi connectivity index (χ3v) is 4.46. The van der Waals surface area contributed by atoms with Gasteiger partial charge in [0.05, 0.1) is 6.04 Å². The van der Waals surface area contributed by atoms with Gasteiger partial charge in [-0.25, -0.2) is 4.39 Å². The van der Waals surface area contributed by atoms with Gasteiger partial charge in [0.25, 0.3) is 0 Å². The number of benzene rings is 1. The van der Waals surface area contributed by atoms with Crippen LogP contribution in [-0.2, 0) is 4.79 Å². The first-order valence-corrected chi connectivity index (χ1v) is 8.28. The van der Waals surface area contributed by atoms with E-state index in [-0.39, 0.29) is 23.8 Å². The predicted molar refractivity (Wildman–Crippen MR) is 85.5 cm³/mol. The molecule has 1 amide bonds. The second-order valence-electron chi connectivity index (χ2n) is 5.66. The molecule has 1 heterocycles. The molecule has 5 heteroatoms. The highest BCUT2D eigenvalue weighted by Crippen LogP contribution is 2.21. The fourth-order valence-corrected chi connectivity index (χ4v) is 3.11. The minimum Gasteiger partial charge on any atom is -0.341 e. The van der Waals surface area contributed by atoms with Crippen molar-refractivity contribution in [1.82, 2.24) is 10.2 Å². The van der Waals surface area contributed by atoms with Gasteiger partial charge in [0.1, 0.15) is 5.82 Å². The molecular weight excluding hydrogens is 335 g/mol. The third kappa shape index (κ3) is 4.27. The fourth-order valence-electron chi connectivity index (χ4n) is 2.78. The minimum atomic E-state index is -0.304.